The highest BCUT2D eigenvalue weighted by Crippen LogP contribution is 2.45. The number of benzene rings is 1. The predicted molar refractivity (Wildman–Crippen MR) is 140 cm³/mol. The zero-order valence-electron chi connectivity index (χ0n) is 21.0. The van der Waals surface area contributed by atoms with E-state index >= 15 is 0 Å². The zero-order valence-corrected chi connectivity index (χ0v) is 22.6. The Hall–Kier alpha value is -2.82. The Balaban J connectivity index is 2.00. The number of cyclic esters (lactones) is 1. The molecule has 1 saturated heterocycles. The van der Waals surface area contributed by atoms with E-state index in [0.29, 0.717) is 25.9 Å². The van der Waals surface area contributed by atoms with Gasteiger partial charge < -0.3 is 19.3 Å². The van der Waals surface area contributed by atoms with Crippen molar-refractivity contribution in [2.45, 2.75) is 51.6 Å². The van der Waals surface area contributed by atoms with Crippen LogP contribution in [0, 0.1) is 0 Å². The molecule has 0 radical (unpaired) electrons. The third kappa shape index (κ3) is 8.89. The number of aromatic hydroxyl groups is 1. The number of likely N-dealkylation sites (tertiary alicyclic amines) is 1. The molecule has 4 N–H and O–H groups in total. The smallest absolute Gasteiger partial charge is 0.506 e. The minimum atomic E-state index is -5.13. The van der Waals surface area contributed by atoms with Crippen LogP contribution in [0.5, 0.6) is 11.5 Å². The van der Waals surface area contributed by atoms with Crippen LogP contribution in [-0.4, -0.2) is 57.5 Å². The standard InChI is InChI=1S/C25H32ClN2O9P/c1-17-10-6-3-2-4-7-11-18(27-35-16-22(30)28-12-8-5-9-13-28)14-19-23(25(31)36-17)21(37-38(32,33)34)15-20(29)24(19)26/h3,6-7,11,14-15,17,27,29H,2,4-5,8-10,12-13,16H2,1H3,(H2,32,33,34)/b6-3?,11-7?,18-14-/t17-/m1/s1. The molecule has 0 saturated carbocycles. The summed E-state index contributed by atoms with van der Waals surface area (Å²) < 4.78 is 21.8. The van der Waals surface area contributed by atoms with Gasteiger partial charge in [-0.1, -0.05) is 29.8 Å². The molecular formula is C25H32ClN2O9P. The number of esters is 1. The first kappa shape index (κ1) is 29.7. The van der Waals surface area contributed by atoms with Crippen molar-refractivity contribution in [3.63, 3.8) is 0 Å². The summed E-state index contributed by atoms with van der Waals surface area (Å²) in [5.41, 5.74) is 2.39. The van der Waals surface area contributed by atoms with Crippen LogP contribution in [0.1, 0.15) is 61.4 Å². The number of phosphoric ester groups is 1. The van der Waals surface area contributed by atoms with Crippen LogP contribution < -0.4 is 10.0 Å². The molecule has 1 amide bonds. The number of nitrogens with zero attached hydrogens (tertiary/aromatic N) is 1. The number of rotatable bonds is 6. The zero-order chi connectivity index (χ0) is 27.7. The maximum absolute atomic E-state index is 13.2. The number of hydroxylamine groups is 1. The van der Waals surface area contributed by atoms with Gasteiger partial charge in [0.05, 0.1) is 10.7 Å². The highest BCUT2D eigenvalue weighted by Gasteiger charge is 2.29. The molecule has 2 aliphatic rings. The normalized spacial score (nSPS) is 20.5. The van der Waals surface area contributed by atoms with Gasteiger partial charge in [0.2, 0.25) is 0 Å². The lowest BCUT2D eigenvalue weighted by atomic mass is 10.0. The van der Waals surface area contributed by atoms with Crippen molar-refractivity contribution in [3.05, 3.63) is 52.2 Å². The van der Waals surface area contributed by atoms with E-state index in [-0.39, 0.29) is 28.8 Å². The van der Waals surface area contributed by atoms with E-state index in [4.69, 9.17) is 25.7 Å². The average Bonchev–Trinajstić information content (AvgIpc) is 2.85. The lowest BCUT2D eigenvalue weighted by Crippen LogP contribution is -2.39. The van der Waals surface area contributed by atoms with Gasteiger partial charge in [0.25, 0.3) is 5.91 Å². The summed E-state index contributed by atoms with van der Waals surface area (Å²) in [4.78, 5) is 51.6. The number of fused-ring (bicyclic) bond motifs is 1. The molecule has 38 heavy (non-hydrogen) atoms. The maximum atomic E-state index is 13.2. The third-order valence-electron chi connectivity index (χ3n) is 5.80. The van der Waals surface area contributed by atoms with Gasteiger partial charge in [-0.2, -0.15) is 0 Å². The first-order valence-corrected chi connectivity index (χ1v) is 14.2. The average molecular weight is 571 g/mol. The Morgan fingerprint density at radius 3 is 2.63 bits per heavy atom. The quantitative estimate of drug-likeness (QED) is 0.169. The number of piperidine rings is 1. The number of phosphoric acid groups is 1. The molecule has 1 aromatic rings. The molecule has 0 unspecified atom stereocenters. The van der Waals surface area contributed by atoms with E-state index < -0.39 is 37.0 Å². The van der Waals surface area contributed by atoms with Crippen LogP contribution >= 0.6 is 19.4 Å². The van der Waals surface area contributed by atoms with Crippen molar-refractivity contribution in [1.29, 1.82) is 0 Å². The molecule has 0 spiro atoms. The highest BCUT2D eigenvalue weighted by molar-refractivity contribution is 7.46. The van der Waals surface area contributed by atoms with E-state index in [1.807, 2.05) is 18.2 Å². The fourth-order valence-electron chi connectivity index (χ4n) is 3.97. The molecule has 2 aliphatic heterocycles. The second kappa shape index (κ2) is 13.8. The number of nitrogens with one attached hydrogen (secondary N) is 1. The van der Waals surface area contributed by atoms with Crippen LogP contribution in [0.3, 0.4) is 0 Å². The monoisotopic (exact) mass is 570 g/mol. The predicted octanol–water partition coefficient (Wildman–Crippen LogP) is 4.23. The van der Waals surface area contributed by atoms with Crippen molar-refractivity contribution in [2.24, 2.45) is 0 Å². The van der Waals surface area contributed by atoms with Gasteiger partial charge in [-0.15, -0.1) is 0 Å². The van der Waals surface area contributed by atoms with Crippen LogP contribution in [-0.2, 0) is 18.9 Å². The van der Waals surface area contributed by atoms with E-state index in [2.05, 4.69) is 5.48 Å². The number of amides is 1. The SMILES string of the molecule is C[C@@H]1CC=CCCC=C/C(NOCC(=O)N2CCCCC2)=C/c2c(Cl)c(O)cc(OP(=O)(O)O)c2C(=O)O1. The summed E-state index contributed by atoms with van der Waals surface area (Å²) in [5.74, 6) is -2.35. The van der Waals surface area contributed by atoms with Crippen molar-refractivity contribution in [1.82, 2.24) is 10.4 Å². The minimum Gasteiger partial charge on any atom is -0.506 e. The topological polar surface area (TPSA) is 155 Å². The second-order valence-corrected chi connectivity index (χ2v) is 10.5. The van der Waals surface area contributed by atoms with Gasteiger partial charge in [0.15, 0.2) is 12.4 Å². The maximum Gasteiger partial charge on any atom is 0.524 e. The Kier molecular flexibility index (Phi) is 10.8. The van der Waals surface area contributed by atoms with Crippen LogP contribution in [0.4, 0.5) is 0 Å². The van der Waals surface area contributed by atoms with Crippen molar-refractivity contribution >= 4 is 37.4 Å². The summed E-state index contributed by atoms with van der Waals surface area (Å²) in [5, 5.41) is 10.1. The van der Waals surface area contributed by atoms with Gasteiger partial charge in [0, 0.05) is 31.1 Å². The number of ether oxygens (including phenoxy) is 1. The van der Waals surface area contributed by atoms with Crippen molar-refractivity contribution in [3.8, 4) is 11.5 Å². The lowest BCUT2D eigenvalue weighted by molar-refractivity contribution is -0.139. The molecule has 1 aromatic carbocycles. The summed E-state index contributed by atoms with van der Waals surface area (Å²) in [6.45, 7) is 2.75. The van der Waals surface area contributed by atoms with E-state index in [1.165, 1.54) is 6.08 Å². The van der Waals surface area contributed by atoms with Crippen molar-refractivity contribution < 1.29 is 43.1 Å². The fraction of sp³-hybridized carbons (Fsp3) is 0.440. The molecule has 1 fully saturated rings. The van der Waals surface area contributed by atoms with Gasteiger partial charge in [-0.25, -0.2) is 9.36 Å². The van der Waals surface area contributed by atoms with E-state index in [9.17, 15) is 29.0 Å². The minimum absolute atomic E-state index is 0.127. The molecule has 13 heteroatoms. The molecule has 1 atom stereocenters. The highest BCUT2D eigenvalue weighted by atomic mass is 35.5. The van der Waals surface area contributed by atoms with Crippen LogP contribution in [0.15, 0.2) is 36.1 Å². The number of hydrogen-bond acceptors (Lipinski definition) is 8. The summed E-state index contributed by atoms with van der Waals surface area (Å²) >= 11 is 6.34. The molecule has 2 heterocycles. The van der Waals surface area contributed by atoms with Crippen LogP contribution in [0.25, 0.3) is 6.08 Å². The number of carbonyl (C=O) groups excluding carboxylic acids is 2. The molecule has 0 aromatic heterocycles. The first-order valence-electron chi connectivity index (χ1n) is 12.3. The molecule has 0 bridgehead atoms. The number of hydrogen-bond donors (Lipinski definition) is 4. The Bertz CT molecular complexity index is 1160. The first-order chi connectivity index (χ1) is 18.0. The fourth-order valence-corrected chi connectivity index (χ4v) is 4.57. The van der Waals surface area contributed by atoms with Crippen molar-refractivity contribution in [2.75, 3.05) is 19.7 Å². The molecular weight excluding hydrogens is 539 g/mol. The Labute approximate surface area is 225 Å². The summed E-state index contributed by atoms with van der Waals surface area (Å²) in [7, 11) is -5.13. The number of phenols is 1. The van der Waals surface area contributed by atoms with Gasteiger partial charge in [-0.3, -0.25) is 24.9 Å². The molecule has 11 nitrogen and oxygen atoms in total. The van der Waals surface area contributed by atoms with Gasteiger partial charge in [-0.05, 0) is 51.2 Å². The van der Waals surface area contributed by atoms with E-state index in [0.717, 1.165) is 31.7 Å². The largest absolute Gasteiger partial charge is 0.524 e. The molecule has 208 valence electrons. The summed E-state index contributed by atoms with van der Waals surface area (Å²) in [6.07, 6.45) is 12.8. The third-order valence-corrected chi connectivity index (χ3v) is 6.63. The molecule has 0 aliphatic carbocycles. The van der Waals surface area contributed by atoms with Gasteiger partial charge in [0.1, 0.15) is 17.4 Å². The number of carbonyl (C=O) groups is 2. The van der Waals surface area contributed by atoms with Gasteiger partial charge >= 0.3 is 13.8 Å². The second-order valence-electron chi connectivity index (χ2n) is 8.91. The Morgan fingerprint density at radius 1 is 1.21 bits per heavy atom. The lowest BCUT2D eigenvalue weighted by Gasteiger charge is -2.26. The number of halogens is 1. The number of allylic oxidation sites excluding steroid dienone is 3. The Morgan fingerprint density at radius 2 is 1.92 bits per heavy atom. The number of phenolic OH excluding ortho intramolecular Hbond substituents is 1. The summed E-state index contributed by atoms with van der Waals surface area (Å²) in [6, 6.07) is 0.833. The molecule has 3 rings (SSSR count). The van der Waals surface area contributed by atoms with Crippen LogP contribution in [0.2, 0.25) is 5.02 Å². The van der Waals surface area contributed by atoms with E-state index in [1.54, 1.807) is 17.9 Å².